The van der Waals surface area contributed by atoms with E-state index in [0.29, 0.717) is 41.0 Å². The Morgan fingerprint density at radius 3 is 2.68 bits per heavy atom. The normalized spacial score (nSPS) is 10.8. The molecule has 3 heterocycles. The van der Waals surface area contributed by atoms with E-state index in [1.165, 1.54) is 0 Å². The molecule has 2 aromatic carbocycles. The number of benzene rings is 2. The van der Waals surface area contributed by atoms with Crippen molar-refractivity contribution < 1.29 is 13.7 Å². The zero-order valence-corrected chi connectivity index (χ0v) is 16.3. The molecule has 8 nitrogen and oxygen atoms in total. The second kappa shape index (κ2) is 8.11. The lowest BCUT2D eigenvalue weighted by atomic mass is 10.1. The van der Waals surface area contributed by atoms with Crippen LogP contribution in [0.2, 0.25) is 0 Å². The van der Waals surface area contributed by atoms with E-state index in [1.54, 1.807) is 24.5 Å². The van der Waals surface area contributed by atoms with Crippen LogP contribution in [-0.4, -0.2) is 26.2 Å². The van der Waals surface area contributed by atoms with E-state index in [9.17, 15) is 4.79 Å². The first-order valence-electron chi connectivity index (χ1n) is 9.63. The summed E-state index contributed by atoms with van der Waals surface area (Å²) in [7, 11) is 0. The second-order valence-corrected chi connectivity index (χ2v) is 6.81. The van der Waals surface area contributed by atoms with E-state index in [0.717, 1.165) is 11.1 Å². The van der Waals surface area contributed by atoms with Gasteiger partial charge in [-0.15, -0.1) is 0 Å². The average Bonchev–Trinajstić information content (AvgIpc) is 3.57. The number of furan rings is 1. The number of para-hydroxylation sites is 1. The fraction of sp³-hybridized carbons (Fsp3) is 0.0435. The molecule has 5 rings (SSSR count). The van der Waals surface area contributed by atoms with E-state index in [1.807, 2.05) is 54.6 Å². The number of rotatable bonds is 6. The van der Waals surface area contributed by atoms with Gasteiger partial charge in [0, 0.05) is 11.3 Å². The van der Waals surface area contributed by atoms with Crippen LogP contribution < -0.4 is 5.32 Å². The van der Waals surface area contributed by atoms with Gasteiger partial charge in [-0.3, -0.25) is 9.89 Å². The number of anilines is 1. The maximum absolute atomic E-state index is 12.8. The van der Waals surface area contributed by atoms with Gasteiger partial charge in [-0.1, -0.05) is 53.7 Å². The van der Waals surface area contributed by atoms with Gasteiger partial charge in [0.25, 0.3) is 5.91 Å². The average molecular weight is 411 g/mol. The first kappa shape index (κ1) is 18.6. The minimum atomic E-state index is -0.288. The number of nitrogens with one attached hydrogen (secondary N) is 2. The van der Waals surface area contributed by atoms with Gasteiger partial charge in [0.15, 0.2) is 5.76 Å². The van der Waals surface area contributed by atoms with E-state index in [2.05, 4.69) is 25.7 Å². The van der Waals surface area contributed by atoms with Crippen molar-refractivity contribution in [3.8, 4) is 22.8 Å². The third kappa shape index (κ3) is 3.99. The molecule has 0 aliphatic rings. The molecule has 152 valence electrons. The third-order valence-corrected chi connectivity index (χ3v) is 4.71. The first-order valence-corrected chi connectivity index (χ1v) is 9.63. The van der Waals surface area contributed by atoms with E-state index >= 15 is 0 Å². The summed E-state index contributed by atoms with van der Waals surface area (Å²) in [6.45, 7) is 0. The molecule has 0 spiro atoms. The van der Waals surface area contributed by atoms with Crippen LogP contribution in [0, 0.1) is 0 Å². The second-order valence-electron chi connectivity index (χ2n) is 6.81. The van der Waals surface area contributed by atoms with Gasteiger partial charge in [0.2, 0.25) is 11.7 Å². The van der Waals surface area contributed by atoms with Gasteiger partial charge in [0.05, 0.1) is 18.4 Å². The molecule has 0 saturated heterocycles. The molecular formula is C23H17N5O3. The van der Waals surface area contributed by atoms with Crippen LogP contribution in [-0.2, 0) is 6.42 Å². The number of nitrogens with zero attached hydrogens (tertiary/aromatic N) is 3. The number of carbonyl (C=O) groups is 1. The van der Waals surface area contributed by atoms with Gasteiger partial charge in [0.1, 0.15) is 5.69 Å². The highest BCUT2D eigenvalue weighted by atomic mass is 16.5. The Kier molecular flexibility index (Phi) is 4.86. The topological polar surface area (TPSA) is 110 Å². The van der Waals surface area contributed by atoms with E-state index < -0.39 is 0 Å². The van der Waals surface area contributed by atoms with Crippen molar-refractivity contribution in [1.29, 1.82) is 0 Å². The molecule has 0 bridgehead atoms. The smallest absolute Gasteiger partial charge is 0.273 e. The van der Waals surface area contributed by atoms with Crippen LogP contribution in [0.15, 0.2) is 88.0 Å². The van der Waals surface area contributed by atoms with Crippen molar-refractivity contribution in [2.75, 3.05) is 5.32 Å². The molecule has 5 aromatic rings. The van der Waals surface area contributed by atoms with Crippen molar-refractivity contribution >= 4 is 11.6 Å². The number of amides is 1. The minimum Gasteiger partial charge on any atom is -0.461 e. The lowest BCUT2D eigenvalue weighted by Gasteiger charge is -2.08. The predicted molar refractivity (Wildman–Crippen MR) is 113 cm³/mol. The van der Waals surface area contributed by atoms with Crippen molar-refractivity contribution in [2.45, 2.75) is 6.42 Å². The Hall–Kier alpha value is -4.46. The van der Waals surface area contributed by atoms with Gasteiger partial charge in [-0.2, -0.15) is 10.1 Å². The molecule has 8 heteroatoms. The fourth-order valence-electron chi connectivity index (χ4n) is 3.18. The number of hydrogen-bond acceptors (Lipinski definition) is 6. The molecule has 2 N–H and O–H groups in total. The molecule has 0 aliphatic heterocycles. The van der Waals surface area contributed by atoms with Gasteiger partial charge >= 0.3 is 0 Å². The SMILES string of the molecule is O=C(Nc1ccccc1Cc1nc(-c2ccco2)no1)c1cc(-c2ccccc2)n[nH]1. The molecule has 0 saturated carbocycles. The molecule has 0 unspecified atom stereocenters. The lowest BCUT2D eigenvalue weighted by molar-refractivity contribution is 0.102. The summed E-state index contributed by atoms with van der Waals surface area (Å²) < 4.78 is 10.6. The molecule has 3 aromatic heterocycles. The maximum Gasteiger partial charge on any atom is 0.273 e. The molecule has 31 heavy (non-hydrogen) atoms. The van der Waals surface area contributed by atoms with E-state index in [-0.39, 0.29) is 5.91 Å². The summed E-state index contributed by atoms with van der Waals surface area (Å²) >= 11 is 0. The summed E-state index contributed by atoms with van der Waals surface area (Å²) in [5.41, 5.74) is 3.50. The summed E-state index contributed by atoms with van der Waals surface area (Å²) in [6.07, 6.45) is 1.91. The minimum absolute atomic E-state index is 0.288. The van der Waals surface area contributed by atoms with Crippen LogP contribution in [0.4, 0.5) is 5.69 Å². The Morgan fingerprint density at radius 1 is 1.00 bits per heavy atom. The number of H-pyrrole nitrogens is 1. The summed E-state index contributed by atoms with van der Waals surface area (Å²) in [5.74, 6) is 1.04. The summed E-state index contributed by atoms with van der Waals surface area (Å²) in [5, 5.41) is 13.9. The van der Waals surface area contributed by atoms with Crippen molar-refractivity contribution in [2.24, 2.45) is 0 Å². The molecule has 1 amide bonds. The Morgan fingerprint density at radius 2 is 1.84 bits per heavy atom. The molecule has 0 fully saturated rings. The number of aromatic nitrogens is 4. The molecule has 0 atom stereocenters. The van der Waals surface area contributed by atoms with Gasteiger partial charge in [-0.25, -0.2) is 0 Å². The van der Waals surface area contributed by atoms with Crippen LogP contribution in [0.5, 0.6) is 0 Å². The summed E-state index contributed by atoms with van der Waals surface area (Å²) in [4.78, 5) is 17.1. The standard InChI is InChI=1S/C23H17N5O3/c29-23(19-14-18(26-27-19)15-7-2-1-3-8-15)24-17-10-5-4-9-16(17)13-21-25-22(28-31-21)20-11-6-12-30-20/h1-12,14H,13H2,(H,24,29)(H,26,27). The van der Waals surface area contributed by atoms with Crippen LogP contribution in [0.3, 0.4) is 0 Å². The summed E-state index contributed by atoms with van der Waals surface area (Å²) in [6, 6.07) is 22.4. The molecule has 0 aliphatic carbocycles. The van der Waals surface area contributed by atoms with Crippen molar-refractivity contribution in [1.82, 2.24) is 20.3 Å². The fourth-order valence-corrected chi connectivity index (χ4v) is 3.18. The zero-order valence-electron chi connectivity index (χ0n) is 16.3. The van der Waals surface area contributed by atoms with Crippen LogP contribution >= 0.6 is 0 Å². The van der Waals surface area contributed by atoms with Crippen molar-refractivity contribution in [3.63, 3.8) is 0 Å². The number of hydrogen-bond donors (Lipinski definition) is 2. The highest BCUT2D eigenvalue weighted by Gasteiger charge is 2.16. The van der Waals surface area contributed by atoms with Gasteiger partial charge in [-0.05, 0) is 29.8 Å². The highest BCUT2D eigenvalue weighted by Crippen LogP contribution is 2.22. The first-order chi connectivity index (χ1) is 15.3. The Balaban J connectivity index is 1.33. The molecular weight excluding hydrogens is 394 g/mol. The quantitative estimate of drug-likeness (QED) is 0.424. The zero-order chi connectivity index (χ0) is 21.0. The van der Waals surface area contributed by atoms with Gasteiger partial charge < -0.3 is 14.3 Å². The maximum atomic E-state index is 12.8. The van der Waals surface area contributed by atoms with E-state index in [4.69, 9.17) is 8.94 Å². The third-order valence-electron chi connectivity index (χ3n) is 4.71. The predicted octanol–water partition coefficient (Wildman–Crippen LogP) is 4.56. The highest BCUT2D eigenvalue weighted by molar-refractivity contribution is 6.03. The number of carbonyl (C=O) groups excluding carboxylic acids is 1. The van der Waals surface area contributed by atoms with Crippen LogP contribution in [0.25, 0.3) is 22.8 Å². The Labute approximate surface area is 176 Å². The monoisotopic (exact) mass is 411 g/mol. The van der Waals surface area contributed by atoms with Crippen molar-refractivity contribution in [3.05, 3.63) is 96.2 Å². The lowest BCUT2D eigenvalue weighted by Crippen LogP contribution is -2.14. The molecule has 0 radical (unpaired) electrons. The largest absolute Gasteiger partial charge is 0.461 e. The Bertz CT molecular complexity index is 1310. The number of aromatic amines is 1. The van der Waals surface area contributed by atoms with Crippen LogP contribution in [0.1, 0.15) is 21.9 Å².